The molecule has 1 N–H and O–H groups in total. The van der Waals surface area contributed by atoms with Gasteiger partial charge in [0.25, 0.3) is 0 Å². The molecule has 6 nitrogen and oxygen atoms in total. The van der Waals surface area contributed by atoms with Gasteiger partial charge < -0.3 is 10.1 Å². The maximum atomic E-state index is 13.7. The molecule has 0 spiro atoms. The van der Waals surface area contributed by atoms with Gasteiger partial charge in [-0.2, -0.15) is 4.31 Å². The molecule has 1 atom stereocenters. The summed E-state index contributed by atoms with van der Waals surface area (Å²) >= 11 is 12.2. The average molecular weight is 461 g/mol. The van der Waals surface area contributed by atoms with Crippen molar-refractivity contribution < 1.29 is 22.3 Å². The number of sulfonamides is 1. The van der Waals surface area contributed by atoms with E-state index in [1.165, 1.54) is 17.5 Å². The molecule has 1 saturated heterocycles. The quantitative estimate of drug-likeness (QED) is 0.725. The van der Waals surface area contributed by atoms with Gasteiger partial charge in [-0.25, -0.2) is 12.8 Å². The summed E-state index contributed by atoms with van der Waals surface area (Å²) in [4.78, 5) is 12.5. The summed E-state index contributed by atoms with van der Waals surface area (Å²) in [7, 11) is -2.74. The molecule has 10 heteroatoms. The molecular formula is C19H19Cl2FN2O4S. The lowest BCUT2D eigenvalue weighted by Gasteiger charge is -2.31. The minimum Gasteiger partial charge on any atom is -0.495 e. The van der Waals surface area contributed by atoms with Crippen LogP contribution in [0.15, 0.2) is 41.3 Å². The number of carbonyl (C=O) groups is 1. The number of amides is 1. The third-order valence-corrected chi connectivity index (χ3v) is 7.23. The fourth-order valence-electron chi connectivity index (χ4n) is 3.21. The molecule has 1 aliphatic heterocycles. The summed E-state index contributed by atoms with van der Waals surface area (Å²) in [5, 5.41) is 3.26. The number of hydrogen-bond donors (Lipinski definition) is 1. The lowest BCUT2D eigenvalue weighted by Crippen LogP contribution is -2.43. The highest BCUT2D eigenvalue weighted by Gasteiger charge is 2.35. The lowest BCUT2D eigenvalue weighted by atomic mass is 9.98. The molecule has 2 aromatic rings. The number of methoxy groups -OCH3 is 1. The van der Waals surface area contributed by atoms with E-state index in [2.05, 4.69) is 5.32 Å². The Kier molecular flexibility index (Phi) is 6.68. The number of carbonyl (C=O) groups excluding carboxylic acids is 1. The number of benzene rings is 2. The predicted molar refractivity (Wildman–Crippen MR) is 110 cm³/mol. The van der Waals surface area contributed by atoms with Crippen LogP contribution in [-0.2, 0) is 14.8 Å². The Labute approximate surface area is 178 Å². The average Bonchev–Trinajstić information content (AvgIpc) is 2.70. The van der Waals surface area contributed by atoms with Crippen molar-refractivity contribution in [1.29, 1.82) is 0 Å². The summed E-state index contributed by atoms with van der Waals surface area (Å²) in [6.07, 6.45) is 0.978. The van der Waals surface area contributed by atoms with Crippen LogP contribution in [0.3, 0.4) is 0 Å². The minimum atomic E-state index is -4.05. The first-order valence-electron chi connectivity index (χ1n) is 8.82. The summed E-state index contributed by atoms with van der Waals surface area (Å²) < 4.78 is 46.0. The number of anilines is 1. The molecule has 29 heavy (non-hydrogen) atoms. The van der Waals surface area contributed by atoms with E-state index in [1.807, 2.05) is 0 Å². The Morgan fingerprint density at radius 2 is 1.93 bits per heavy atom. The molecular weight excluding hydrogens is 442 g/mol. The fraction of sp³-hybridized carbons (Fsp3) is 0.316. The van der Waals surface area contributed by atoms with E-state index in [0.29, 0.717) is 12.8 Å². The highest BCUT2D eigenvalue weighted by molar-refractivity contribution is 7.89. The minimum absolute atomic E-state index is 0.0424. The van der Waals surface area contributed by atoms with E-state index in [-0.39, 0.29) is 45.4 Å². The van der Waals surface area contributed by atoms with Crippen LogP contribution in [-0.4, -0.2) is 38.8 Å². The molecule has 2 aromatic carbocycles. The number of piperidine rings is 1. The Balaban J connectivity index is 1.82. The molecule has 1 amide bonds. The van der Waals surface area contributed by atoms with Crippen LogP contribution in [0.5, 0.6) is 5.75 Å². The molecule has 0 bridgehead atoms. The van der Waals surface area contributed by atoms with E-state index in [4.69, 9.17) is 27.9 Å². The van der Waals surface area contributed by atoms with Gasteiger partial charge in [-0.15, -0.1) is 0 Å². The maximum Gasteiger partial charge on any atom is 0.246 e. The highest BCUT2D eigenvalue weighted by Crippen LogP contribution is 2.33. The third-order valence-electron chi connectivity index (χ3n) is 4.71. The molecule has 156 valence electrons. The third kappa shape index (κ3) is 4.66. The zero-order valence-electron chi connectivity index (χ0n) is 15.5. The zero-order chi connectivity index (χ0) is 21.2. The fourth-order valence-corrected chi connectivity index (χ4v) is 5.39. The van der Waals surface area contributed by atoms with Crippen molar-refractivity contribution in [2.24, 2.45) is 5.92 Å². The molecule has 1 fully saturated rings. The van der Waals surface area contributed by atoms with Gasteiger partial charge in [0, 0.05) is 13.1 Å². The Hall–Kier alpha value is -1.87. The van der Waals surface area contributed by atoms with Crippen LogP contribution < -0.4 is 10.1 Å². The van der Waals surface area contributed by atoms with Crippen molar-refractivity contribution in [2.45, 2.75) is 17.7 Å². The van der Waals surface area contributed by atoms with Crippen LogP contribution in [0.4, 0.5) is 10.1 Å². The number of nitrogens with zero attached hydrogens (tertiary/aromatic N) is 1. The van der Waals surface area contributed by atoms with E-state index < -0.39 is 21.8 Å². The molecule has 0 unspecified atom stereocenters. The normalized spacial score (nSPS) is 17.7. The Bertz CT molecular complexity index is 1010. The molecule has 0 saturated carbocycles. The van der Waals surface area contributed by atoms with E-state index in [9.17, 15) is 17.6 Å². The number of halogens is 3. The van der Waals surface area contributed by atoms with Gasteiger partial charge >= 0.3 is 0 Å². The second kappa shape index (κ2) is 8.87. The van der Waals surface area contributed by atoms with Crippen molar-refractivity contribution in [3.63, 3.8) is 0 Å². The largest absolute Gasteiger partial charge is 0.495 e. The molecule has 0 aromatic heterocycles. The van der Waals surface area contributed by atoms with E-state index >= 15 is 0 Å². The second-order valence-corrected chi connectivity index (χ2v) is 9.30. The van der Waals surface area contributed by atoms with Gasteiger partial charge in [0.15, 0.2) is 0 Å². The molecule has 0 aliphatic carbocycles. The standard InChI is InChI=1S/C19H19Cl2FN2O4S/c1-28-16-8-7-13(22)10-17(16)29(26,27)24-9-3-4-12(11-24)19(25)23-18-14(20)5-2-6-15(18)21/h2,5-8,10,12H,3-4,9,11H2,1H3,(H,23,25)/t12-/m0/s1. The lowest BCUT2D eigenvalue weighted by molar-refractivity contribution is -0.120. The molecule has 1 heterocycles. The van der Waals surface area contributed by atoms with Crippen LogP contribution in [0.1, 0.15) is 12.8 Å². The molecule has 1 aliphatic rings. The number of hydrogen-bond acceptors (Lipinski definition) is 4. The van der Waals surface area contributed by atoms with Crippen molar-refractivity contribution in [1.82, 2.24) is 4.31 Å². The van der Waals surface area contributed by atoms with Gasteiger partial charge in [-0.1, -0.05) is 29.3 Å². The predicted octanol–water partition coefficient (Wildman–Crippen LogP) is 4.18. The smallest absolute Gasteiger partial charge is 0.246 e. The molecule has 3 rings (SSSR count). The zero-order valence-corrected chi connectivity index (χ0v) is 17.8. The number of para-hydroxylation sites is 1. The summed E-state index contributed by atoms with van der Waals surface area (Å²) in [5.74, 6) is -1.64. The first-order valence-corrected chi connectivity index (χ1v) is 11.0. The van der Waals surface area contributed by atoms with Crippen molar-refractivity contribution >= 4 is 44.8 Å². The first-order chi connectivity index (χ1) is 13.7. The van der Waals surface area contributed by atoms with Crippen molar-refractivity contribution in [2.75, 3.05) is 25.5 Å². The highest BCUT2D eigenvalue weighted by atomic mass is 35.5. The molecule has 0 radical (unpaired) electrons. The number of nitrogens with one attached hydrogen (secondary N) is 1. The van der Waals surface area contributed by atoms with Gasteiger partial charge in [0.2, 0.25) is 15.9 Å². The van der Waals surface area contributed by atoms with Gasteiger partial charge in [0.05, 0.1) is 28.8 Å². The summed E-state index contributed by atoms with van der Waals surface area (Å²) in [6.45, 7) is 0.175. The monoisotopic (exact) mass is 460 g/mol. The first kappa shape index (κ1) is 21.8. The summed E-state index contributed by atoms with van der Waals surface area (Å²) in [6, 6.07) is 8.14. The maximum absolute atomic E-state index is 13.7. The Morgan fingerprint density at radius 1 is 1.24 bits per heavy atom. The van der Waals surface area contributed by atoms with Gasteiger partial charge in [-0.3, -0.25) is 4.79 Å². The Morgan fingerprint density at radius 3 is 2.59 bits per heavy atom. The van der Waals surface area contributed by atoms with E-state index in [1.54, 1.807) is 18.2 Å². The van der Waals surface area contributed by atoms with Gasteiger partial charge in [0.1, 0.15) is 16.5 Å². The number of rotatable bonds is 5. The van der Waals surface area contributed by atoms with E-state index in [0.717, 1.165) is 12.1 Å². The SMILES string of the molecule is COc1ccc(F)cc1S(=O)(=O)N1CCC[C@H](C(=O)Nc2c(Cl)cccc2Cl)C1. The second-order valence-electron chi connectivity index (χ2n) is 6.58. The number of ether oxygens (including phenoxy) is 1. The summed E-state index contributed by atoms with van der Waals surface area (Å²) in [5.41, 5.74) is 0.285. The van der Waals surface area contributed by atoms with Crippen molar-refractivity contribution in [3.05, 3.63) is 52.3 Å². The van der Waals surface area contributed by atoms with Crippen LogP contribution >= 0.6 is 23.2 Å². The van der Waals surface area contributed by atoms with Crippen LogP contribution in [0.2, 0.25) is 10.0 Å². The van der Waals surface area contributed by atoms with Crippen LogP contribution in [0, 0.1) is 11.7 Å². The topological polar surface area (TPSA) is 75.7 Å². The van der Waals surface area contributed by atoms with Crippen molar-refractivity contribution in [3.8, 4) is 5.75 Å². The van der Waals surface area contributed by atoms with Crippen LogP contribution in [0.25, 0.3) is 0 Å². The van der Waals surface area contributed by atoms with Gasteiger partial charge in [-0.05, 0) is 43.2 Å².